The Hall–Kier alpha value is -2.04. The zero-order valence-corrected chi connectivity index (χ0v) is 14.8. The highest BCUT2D eigenvalue weighted by molar-refractivity contribution is 5.95. The number of rotatable bonds is 6. The molecule has 1 unspecified atom stereocenters. The normalized spacial score (nSPS) is 16.2. The number of carbonyl (C=O) groups excluding carboxylic acids is 2. The summed E-state index contributed by atoms with van der Waals surface area (Å²) in [5.74, 6) is 0.0539. The molecule has 24 heavy (non-hydrogen) atoms. The topological polar surface area (TPSA) is 61.4 Å². The van der Waals surface area contributed by atoms with E-state index in [2.05, 4.69) is 10.6 Å². The van der Waals surface area contributed by atoms with Gasteiger partial charge in [0, 0.05) is 30.4 Å². The lowest BCUT2D eigenvalue weighted by atomic mass is 10.1. The number of likely N-dealkylation sites (tertiary alicyclic amines) is 1. The summed E-state index contributed by atoms with van der Waals surface area (Å²) in [6.07, 6.45) is 5.51. The molecule has 5 nitrogen and oxygen atoms in total. The zero-order valence-electron chi connectivity index (χ0n) is 14.8. The molecule has 1 aliphatic rings. The Balaban J connectivity index is 1.89. The molecule has 1 aliphatic heterocycles. The number of hydrogen-bond donors (Lipinski definition) is 2. The monoisotopic (exact) mass is 331 g/mol. The highest BCUT2D eigenvalue weighted by Crippen LogP contribution is 2.13. The van der Waals surface area contributed by atoms with E-state index in [1.807, 2.05) is 30.9 Å². The fourth-order valence-corrected chi connectivity index (χ4v) is 2.79. The number of benzene rings is 1. The predicted octanol–water partition coefficient (Wildman–Crippen LogP) is 3.03. The highest BCUT2D eigenvalue weighted by atomic mass is 16.2. The quantitative estimate of drug-likeness (QED) is 0.842. The molecule has 1 heterocycles. The van der Waals surface area contributed by atoms with E-state index in [4.69, 9.17) is 0 Å². The molecule has 1 atom stereocenters. The van der Waals surface area contributed by atoms with E-state index >= 15 is 0 Å². The second kappa shape index (κ2) is 9.30. The maximum absolute atomic E-state index is 12.3. The molecule has 1 aromatic carbocycles. The maximum Gasteiger partial charge on any atom is 0.251 e. The molecule has 0 bridgehead atoms. The van der Waals surface area contributed by atoms with Crippen molar-refractivity contribution in [2.24, 2.45) is 0 Å². The summed E-state index contributed by atoms with van der Waals surface area (Å²) in [5, 5.41) is 6.11. The van der Waals surface area contributed by atoms with E-state index in [0.717, 1.165) is 38.0 Å². The summed E-state index contributed by atoms with van der Waals surface area (Å²) in [7, 11) is 0. The van der Waals surface area contributed by atoms with Crippen LogP contribution in [-0.2, 0) is 4.79 Å². The molecule has 1 fully saturated rings. The van der Waals surface area contributed by atoms with Gasteiger partial charge in [0.2, 0.25) is 5.91 Å². The van der Waals surface area contributed by atoms with Crippen LogP contribution in [0.4, 0.5) is 5.69 Å². The van der Waals surface area contributed by atoms with Crippen molar-refractivity contribution in [3.8, 4) is 0 Å². The average molecular weight is 331 g/mol. The Bertz CT molecular complexity index is 551. The minimum Gasteiger partial charge on any atom is -0.376 e. The minimum absolute atomic E-state index is 0.0770. The Morgan fingerprint density at radius 2 is 1.88 bits per heavy atom. The van der Waals surface area contributed by atoms with Crippen LogP contribution in [0.1, 0.15) is 56.3 Å². The van der Waals surface area contributed by atoms with Gasteiger partial charge in [-0.3, -0.25) is 9.59 Å². The molecule has 132 valence electrons. The lowest BCUT2D eigenvalue weighted by molar-refractivity contribution is -0.129. The van der Waals surface area contributed by atoms with Crippen LogP contribution in [0.5, 0.6) is 0 Å². The van der Waals surface area contributed by atoms with Crippen molar-refractivity contribution in [1.82, 2.24) is 10.2 Å². The third kappa shape index (κ3) is 5.55. The summed E-state index contributed by atoms with van der Waals surface area (Å²) in [6, 6.07) is 7.46. The van der Waals surface area contributed by atoms with Crippen molar-refractivity contribution < 1.29 is 9.59 Å². The van der Waals surface area contributed by atoms with Gasteiger partial charge in [0.15, 0.2) is 0 Å². The largest absolute Gasteiger partial charge is 0.376 e. The SMILES string of the molecule is CCC(C)NC(=O)c1cccc(NCC(=O)N2CCCCCC2)c1. The van der Waals surface area contributed by atoms with E-state index in [9.17, 15) is 9.59 Å². The third-order valence-electron chi connectivity index (χ3n) is 4.52. The molecule has 0 radical (unpaired) electrons. The molecule has 0 aliphatic carbocycles. The summed E-state index contributed by atoms with van der Waals surface area (Å²) < 4.78 is 0. The molecule has 2 rings (SSSR count). The summed E-state index contributed by atoms with van der Waals surface area (Å²) in [6.45, 7) is 6.02. The van der Waals surface area contributed by atoms with Crippen LogP contribution in [0, 0.1) is 0 Å². The molecule has 0 saturated carbocycles. The number of nitrogens with zero attached hydrogens (tertiary/aromatic N) is 1. The summed E-state index contributed by atoms with van der Waals surface area (Å²) in [5.41, 5.74) is 1.41. The standard InChI is InChI=1S/C19H29N3O2/c1-3-15(2)21-19(24)16-9-8-10-17(13-16)20-14-18(23)22-11-6-4-5-7-12-22/h8-10,13,15,20H,3-7,11-12,14H2,1-2H3,(H,21,24). The number of hydrogen-bond acceptors (Lipinski definition) is 3. The van der Waals surface area contributed by atoms with Crippen molar-refractivity contribution in [2.75, 3.05) is 25.0 Å². The molecule has 5 heteroatoms. The molecule has 1 aromatic rings. The van der Waals surface area contributed by atoms with Crippen molar-refractivity contribution in [2.45, 2.75) is 52.0 Å². The number of carbonyl (C=O) groups is 2. The molecule has 2 N–H and O–H groups in total. The van der Waals surface area contributed by atoms with Gasteiger partial charge in [0.05, 0.1) is 6.54 Å². The second-order valence-corrected chi connectivity index (χ2v) is 6.51. The van der Waals surface area contributed by atoms with Crippen molar-refractivity contribution in [3.05, 3.63) is 29.8 Å². The molecule has 0 aromatic heterocycles. The van der Waals surface area contributed by atoms with Crippen LogP contribution in [0.15, 0.2) is 24.3 Å². The van der Waals surface area contributed by atoms with Crippen LogP contribution in [-0.4, -0.2) is 42.4 Å². The van der Waals surface area contributed by atoms with Gasteiger partial charge in [-0.1, -0.05) is 25.8 Å². The highest BCUT2D eigenvalue weighted by Gasteiger charge is 2.15. The van der Waals surface area contributed by atoms with Gasteiger partial charge >= 0.3 is 0 Å². The molecule has 2 amide bonds. The smallest absolute Gasteiger partial charge is 0.251 e. The second-order valence-electron chi connectivity index (χ2n) is 6.51. The van der Waals surface area contributed by atoms with E-state index in [1.165, 1.54) is 12.8 Å². The first-order valence-electron chi connectivity index (χ1n) is 9.02. The van der Waals surface area contributed by atoms with Crippen LogP contribution in [0.3, 0.4) is 0 Å². The van der Waals surface area contributed by atoms with Gasteiger partial charge in [0.25, 0.3) is 5.91 Å². The van der Waals surface area contributed by atoms with Crippen molar-refractivity contribution in [3.63, 3.8) is 0 Å². The Labute approximate surface area is 144 Å². The lowest BCUT2D eigenvalue weighted by Crippen LogP contribution is -2.36. The first-order chi connectivity index (χ1) is 11.6. The lowest BCUT2D eigenvalue weighted by Gasteiger charge is -2.20. The molecule has 0 spiro atoms. The maximum atomic E-state index is 12.3. The number of anilines is 1. The fraction of sp³-hybridized carbons (Fsp3) is 0.579. The third-order valence-corrected chi connectivity index (χ3v) is 4.52. The Morgan fingerprint density at radius 1 is 1.17 bits per heavy atom. The first-order valence-corrected chi connectivity index (χ1v) is 9.02. The average Bonchev–Trinajstić information content (AvgIpc) is 2.89. The first kappa shape index (κ1) is 18.3. The van der Waals surface area contributed by atoms with E-state index < -0.39 is 0 Å². The minimum atomic E-state index is -0.0770. The molecule has 1 saturated heterocycles. The Morgan fingerprint density at radius 3 is 2.54 bits per heavy atom. The van der Waals surface area contributed by atoms with Crippen LogP contribution in [0.2, 0.25) is 0 Å². The van der Waals surface area contributed by atoms with Gasteiger partial charge in [-0.15, -0.1) is 0 Å². The van der Waals surface area contributed by atoms with E-state index in [1.54, 1.807) is 12.1 Å². The molecular weight excluding hydrogens is 302 g/mol. The van der Waals surface area contributed by atoms with Crippen molar-refractivity contribution >= 4 is 17.5 Å². The van der Waals surface area contributed by atoms with Gasteiger partial charge in [0.1, 0.15) is 0 Å². The number of amides is 2. The van der Waals surface area contributed by atoms with Crippen LogP contribution < -0.4 is 10.6 Å². The predicted molar refractivity (Wildman–Crippen MR) is 97.2 cm³/mol. The zero-order chi connectivity index (χ0) is 17.4. The molecular formula is C19H29N3O2. The van der Waals surface area contributed by atoms with E-state index in [-0.39, 0.29) is 24.4 Å². The van der Waals surface area contributed by atoms with Crippen molar-refractivity contribution in [1.29, 1.82) is 0 Å². The fourth-order valence-electron chi connectivity index (χ4n) is 2.79. The van der Waals surface area contributed by atoms with E-state index in [0.29, 0.717) is 5.56 Å². The Kier molecular flexibility index (Phi) is 7.09. The van der Waals surface area contributed by atoms with Gasteiger partial charge in [-0.2, -0.15) is 0 Å². The van der Waals surface area contributed by atoms with Gasteiger partial charge < -0.3 is 15.5 Å². The van der Waals surface area contributed by atoms with Crippen LogP contribution >= 0.6 is 0 Å². The summed E-state index contributed by atoms with van der Waals surface area (Å²) in [4.78, 5) is 26.4. The summed E-state index contributed by atoms with van der Waals surface area (Å²) >= 11 is 0. The van der Waals surface area contributed by atoms with Gasteiger partial charge in [-0.05, 0) is 44.4 Å². The van der Waals surface area contributed by atoms with Crippen LogP contribution in [0.25, 0.3) is 0 Å². The number of nitrogens with one attached hydrogen (secondary N) is 2. The van der Waals surface area contributed by atoms with Gasteiger partial charge in [-0.25, -0.2) is 0 Å².